The zero-order valence-electron chi connectivity index (χ0n) is 19.6. The van der Waals surface area contributed by atoms with Gasteiger partial charge in [0.1, 0.15) is 12.6 Å². The van der Waals surface area contributed by atoms with Gasteiger partial charge in [-0.25, -0.2) is 4.79 Å². The van der Waals surface area contributed by atoms with Crippen LogP contribution in [0.5, 0.6) is 0 Å². The first-order valence-electron chi connectivity index (χ1n) is 11.6. The molecule has 2 aromatic carbocycles. The maximum Gasteiger partial charge on any atom is 0.407 e. The highest BCUT2D eigenvalue weighted by atomic mass is 16.5. The quantitative estimate of drug-likeness (QED) is 0.622. The zero-order valence-corrected chi connectivity index (χ0v) is 19.6. The van der Waals surface area contributed by atoms with Crippen LogP contribution in [0.15, 0.2) is 48.5 Å². The summed E-state index contributed by atoms with van der Waals surface area (Å²) in [6.07, 6.45) is -0.0732. The Balaban J connectivity index is 1.41. The van der Waals surface area contributed by atoms with E-state index in [0.717, 1.165) is 28.7 Å². The van der Waals surface area contributed by atoms with E-state index in [4.69, 9.17) is 9.84 Å². The molecule has 2 atom stereocenters. The van der Waals surface area contributed by atoms with Crippen molar-refractivity contribution in [1.29, 1.82) is 0 Å². The summed E-state index contributed by atoms with van der Waals surface area (Å²) >= 11 is 0. The predicted octanol–water partition coefficient (Wildman–Crippen LogP) is 2.92. The summed E-state index contributed by atoms with van der Waals surface area (Å²) in [5.74, 6) is -1.37. The fourth-order valence-electron chi connectivity index (χ4n) is 4.89. The molecule has 34 heavy (non-hydrogen) atoms. The number of fused-ring (bicyclic) bond motifs is 3. The number of amides is 2. The average Bonchev–Trinajstić information content (AvgIpc) is 3.44. The van der Waals surface area contributed by atoms with Crippen LogP contribution < -0.4 is 5.32 Å². The second-order valence-electron chi connectivity index (χ2n) is 9.15. The van der Waals surface area contributed by atoms with Crippen LogP contribution in [0.3, 0.4) is 0 Å². The Labute approximate surface area is 199 Å². The molecule has 0 spiro atoms. The molecule has 180 valence electrons. The van der Waals surface area contributed by atoms with E-state index in [9.17, 15) is 14.4 Å². The third-order valence-electron chi connectivity index (χ3n) is 6.79. The van der Waals surface area contributed by atoms with Crippen molar-refractivity contribution in [1.82, 2.24) is 15.1 Å². The lowest BCUT2D eigenvalue weighted by molar-refractivity contribution is -0.137. The Bertz CT molecular complexity index is 1020. The van der Waals surface area contributed by atoms with Gasteiger partial charge in [-0.05, 0) is 49.2 Å². The molecule has 1 aliphatic heterocycles. The number of hydrogen-bond donors (Lipinski definition) is 2. The van der Waals surface area contributed by atoms with E-state index in [1.54, 1.807) is 4.90 Å². The largest absolute Gasteiger partial charge is 0.481 e. The third-order valence-corrected chi connectivity index (χ3v) is 6.79. The molecular weight excluding hydrogens is 434 g/mol. The first kappa shape index (κ1) is 23.8. The molecule has 0 saturated carbocycles. The summed E-state index contributed by atoms with van der Waals surface area (Å²) < 4.78 is 5.57. The molecule has 1 saturated heterocycles. The number of nitrogens with zero attached hydrogens (tertiary/aromatic N) is 2. The molecule has 0 radical (unpaired) electrons. The minimum absolute atomic E-state index is 0.0154. The molecule has 1 heterocycles. The number of carboxylic acid groups (broad SMARTS) is 1. The number of nitrogens with one attached hydrogen (secondary N) is 1. The number of carbonyl (C=O) groups excluding carboxylic acids is 2. The Kier molecular flexibility index (Phi) is 7.17. The van der Waals surface area contributed by atoms with E-state index < -0.39 is 18.1 Å². The van der Waals surface area contributed by atoms with Crippen LogP contribution in [-0.4, -0.2) is 78.8 Å². The standard InChI is InChI=1S/C26H31N3O5/c1-28(2)17-13-14-29(15-17)25(32)23(11-12-24(30)31)27-26(33)34-16-22-20-9-5-3-7-18(20)19-8-4-6-10-21(19)22/h3-10,17,22-23H,11-16H2,1-2H3,(H,27,33)(H,30,31). The number of ether oxygens (including phenoxy) is 1. The van der Waals surface area contributed by atoms with Gasteiger partial charge in [0, 0.05) is 31.5 Å². The molecule has 2 N–H and O–H groups in total. The minimum atomic E-state index is -1.01. The van der Waals surface area contributed by atoms with Crippen LogP contribution in [0.1, 0.15) is 36.3 Å². The van der Waals surface area contributed by atoms with E-state index in [0.29, 0.717) is 13.1 Å². The Hall–Kier alpha value is -3.39. The first-order chi connectivity index (χ1) is 16.3. The monoisotopic (exact) mass is 465 g/mol. The Morgan fingerprint density at radius 1 is 1.09 bits per heavy atom. The van der Waals surface area contributed by atoms with E-state index in [-0.39, 0.29) is 37.3 Å². The fraction of sp³-hybridized carbons (Fsp3) is 0.423. The molecule has 2 aromatic rings. The number of aliphatic carboxylic acids is 1. The van der Waals surface area contributed by atoms with Gasteiger partial charge < -0.3 is 25.0 Å². The van der Waals surface area contributed by atoms with Crippen LogP contribution in [0.25, 0.3) is 11.1 Å². The summed E-state index contributed by atoms with van der Waals surface area (Å²) in [7, 11) is 3.94. The lowest BCUT2D eigenvalue weighted by Crippen LogP contribution is -2.49. The minimum Gasteiger partial charge on any atom is -0.481 e. The van der Waals surface area contributed by atoms with Crippen LogP contribution in [0, 0.1) is 0 Å². The summed E-state index contributed by atoms with van der Waals surface area (Å²) in [5, 5.41) is 11.8. The van der Waals surface area contributed by atoms with Gasteiger partial charge in [-0.15, -0.1) is 0 Å². The van der Waals surface area contributed by atoms with Crippen molar-refractivity contribution in [3.63, 3.8) is 0 Å². The molecule has 1 fully saturated rings. The molecule has 0 aromatic heterocycles. The van der Waals surface area contributed by atoms with Gasteiger partial charge >= 0.3 is 12.1 Å². The van der Waals surface area contributed by atoms with Gasteiger partial charge in [0.2, 0.25) is 5.91 Å². The molecular formula is C26H31N3O5. The fourth-order valence-corrected chi connectivity index (χ4v) is 4.89. The van der Waals surface area contributed by atoms with Crippen molar-refractivity contribution in [2.75, 3.05) is 33.8 Å². The van der Waals surface area contributed by atoms with Gasteiger partial charge in [-0.2, -0.15) is 0 Å². The molecule has 4 rings (SSSR count). The maximum absolute atomic E-state index is 13.1. The third kappa shape index (κ3) is 5.07. The molecule has 8 heteroatoms. The number of carbonyl (C=O) groups is 3. The van der Waals surface area contributed by atoms with Gasteiger partial charge in [0.25, 0.3) is 0 Å². The highest BCUT2D eigenvalue weighted by Crippen LogP contribution is 2.44. The SMILES string of the molecule is CN(C)C1CCN(C(=O)C(CCC(=O)O)NC(=O)OCC2c3ccccc3-c3ccccc32)C1. The molecule has 2 aliphatic rings. The molecule has 2 unspecified atom stereocenters. The summed E-state index contributed by atoms with van der Waals surface area (Å²) in [6.45, 7) is 1.27. The lowest BCUT2D eigenvalue weighted by atomic mass is 9.98. The average molecular weight is 466 g/mol. The van der Waals surface area contributed by atoms with Crippen LogP contribution >= 0.6 is 0 Å². The van der Waals surface area contributed by atoms with Crippen LogP contribution in [0.2, 0.25) is 0 Å². The number of alkyl carbamates (subject to hydrolysis) is 1. The van der Waals surface area contributed by atoms with E-state index in [1.807, 2.05) is 50.5 Å². The maximum atomic E-state index is 13.1. The topological polar surface area (TPSA) is 99.2 Å². The number of likely N-dealkylation sites (N-methyl/N-ethyl adjacent to an activating group) is 1. The first-order valence-corrected chi connectivity index (χ1v) is 11.6. The summed E-state index contributed by atoms with van der Waals surface area (Å²) in [4.78, 5) is 40.7. The van der Waals surface area contributed by atoms with Gasteiger partial charge in [0.15, 0.2) is 0 Å². The van der Waals surface area contributed by atoms with E-state index in [2.05, 4.69) is 22.3 Å². The molecule has 0 bridgehead atoms. The number of rotatable bonds is 8. The zero-order chi connectivity index (χ0) is 24.2. The van der Waals surface area contributed by atoms with E-state index >= 15 is 0 Å². The number of carboxylic acids is 1. The lowest BCUT2D eigenvalue weighted by Gasteiger charge is -2.25. The highest BCUT2D eigenvalue weighted by molar-refractivity contribution is 5.86. The summed E-state index contributed by atoms with van der Waals surface area (Å²) in [5.41, 5.74) is 4.46. The Morgan fingerprint density at radius 3 is 2.26 bits per heavy atom. The second kappa shape index (κ2) is 10.3. The number of likely N-dealkylation sites (tertiary alicyclic amines) is 1. The smallest absolute Gasteiger partial charge is 0.407 e. The molecule has 1 aliphatic carbocycles. The number of benzene rings is 2. The van der Waals surface area contributed by atoms with Gasteiger partial charge in [-0.3, -0.25) is 9.59 Å². The van der Waals surface area contributed by atoms with Gasteiger partial charge in [0.05, 0.1) is 0 Å². The van der Waals surface area contributed by atoms with Crippen molar-refractivity contribution in [2.45, 2.75) is 37.3 Å². The number of hydrogen-bond acceptors (Lipinski definition) is 5. The van der Waals surface area contributed by atoms with Gasteiger partial charge in [-0.1, -0.05) is 48.5 Å². The second-order valence-corrected chi connectivity index (χ2v) is 9.15. The predicted molar refractivity (Wildman–Crippen MR) is 128 cm³/mol. The van der Waals surface area contributed by atoms with E-state index in [1.165, 1.54) is 0 Å². The van der Waals surface area contributed by atoms with Crippen LogP contribution in [-0.2, 0) is 14.3 Å². The highest BCUT2D eigenvalue weighted by Gasteiger charge is 2.34. The van der Waals surface area contributed by atoms with Crippen LogP contribution in [0.4, 0.5) is 4.79 Å². The Morgan fingerprint density at radius 2 is 1.71 bits per heavy atom. The molecule has 2 amide bonds. The molecule has 8 nitrogen and oxygen atoms in total. The van der Waals surface area contributed by atoms with Crippen molar-refractivity contribution < 1.29 is 24.2 Å². The van der Waals surface area contributed by atoms with Crippen molar-refractivity contribution in [2.24, 2.45) is 0 Å². The van der Waals surface area contributed by atoms with Crippen molar-refractivity contribution in [3.8, 4) is 11.1 Å². The van der Waals surface area contributed by atoms with Crippen molar-refractivity contribution >= 4 is 18.0 Å². The summed E-state index contributed by atoms with van der Waals surface area (Å²) in [6, 6.07) is 15.4. The normalized spacial score (nSPS) is 17.9. The van der Waals surface area contributed by atoms with Crippen molar-refractivity contribution in [3.05, 3.63) is 59.7 Å².